The fourth-order valence-corrected chi connectivity index (χ4v) is 4.54. The van der Waals surface area contributed by atoms with Crippen LogP contribution in [-0.2, 0) is 21.5 Å². The summed E-state index contributed by atoms with van der Waals surface area (Å²) in [5.41, 5.74) is 7.83. The summed E-state index contributed by atoms with van der Waals surface area (Å²) in [5.74, 6) is -1.05. The number of amides is 2. The van der Waals surface area contributed by atoms with Gasteiger partial charge in [-0.2, -0.15) is 0 Å². The van der Waals surface area contributed by atoms with Gasteiger partial charge in [-0.05, 0) is 59.5 Å². The van der Waals surface area contributed by atoms with E-state index < -0.39 is 11.8 Å². The molecule has 228 valence electrons. The summed E-state index contributed by atoms with van der Waals surface area (Å²) >= 11 is 0. The molecule has 0 spiro atoms. The number of rotatable bonds is 11. The number of anilines is 1. The predicted molar refractivity (Wildman–Crippen MR) is 162 cm³/mol. The van der Waals surface area contributed by atoms with Crippen LogP contribution in [0.4, 0.5) is 10.1 Å². The van der Waals surface area contributed by atoms with Gasteiger partial charge in [-0.25, -0.2) is 9.18 Å². The summed E-state index contributed by atoms with van der Waals surface area (Å²) in [4.78, 5) is 34.7. The fraction of sp³-hybridized carbons (Fsp3) is 0.281. The van der Waals surface area contributed by atoms with Gasteiger partial charge in [0.1, 0.15) is 5.82 Å². The minimum absolute atomic E-state index is 0.107. The summed E-state index contributed by atoms with van der Waals surface area (Å²) in [5, 5.41) is 12.3. The van der Waals surface area contributed by atoms with E-state index in [2.05, 4.69) is 5.32 Å². The minimum atomic E-state index is -1.06. The lowest BCUT2D eigenvalue weighted by atomic mass is 9.81. The maximum Gasteiger partial charge on any atom is 0.337 e. The van der Waals surface area contributed by atoms with Gasteiger partial charge in [-0.15, -0.1) is 0 Å². The lowest BCUT2D eigenvalue weighted by Gasteiger charge is -2.23. The molecule has 4 aromatic rings. The highest BCUT2D eigenvalue weighted by Crippen LogP contribution is 2.29. The number of fused-ring (bicyclic) bond motifs is 1. The number of hydrogen-bond acceptors (Lipinski definition) is 6. The number of nitrogens with zero attached hydrogens (tertiary/aromatic N) is 1. The van der Waals surface area contributed by atoms with E-state index >= 15 is 0 Å². The first-order chi connectivity index (χ1) is 20.4. The Labute approximate surface area is 249 Å². The topological polar surface area (TPSA) is 142 Å². The van der Waals surface area contributed by atoms with Gasteiger partial charge in [0.25, 0.3) is 5.91 Å². The molecule has 0 bridgehead atoms. The number of ether oxygens (including phenoxy) is 3. The number of carboxylic acids is 1. The standard InChI is InChI=1S/C20H24N2O4.C12H12FNO3/c1-20(2,12-18(21)23)14-6-8-15(9-7-14)22-19(24)13-5-10-16(25-3)17(11-13)26-4;1-17-5-4-14-7-10(12(15)16)9-6-8(13)2-3-11(9)14/h5-11H,12H2,1-4H3,(H2,21,23)(H,22,24);2-3,6-7H,4-5H2,1H3,(H,15,16). The zero-order chi connectivity index (χ0) is 31.7. The number of nitrogens with one attached hydrogen (secondary N) is 1. The molecule has 0 radical (unpaired) electrons. The Bertz CT molecular complexity index is 1600. The summed E-state index contributed by atoms with van der Waals surface area (Å²) in [7, 11) is 4.63. The molecule has 0 atom stereocenters. The smallest absolute Gasteiger partial charge is 0.337 e. The van der Waals surface area contributed by atoms with Gasteiger partial charge in [-0.1, -0.05) is 26.0 Å². The molecule has 10 nitrogen and oxygen atoms in total. The van der Waals surface area contributed by atoms with Crippen molar-refractivity contribution in [2.24, 2.45) is 5.73 Å². The molecule has 11 heteroatoms. The molecule has 3 aromatic carbocycles. The van der Waals surface area contributed by atoms with E-state index in [4.69, 9.17) is 25.1 Å². The van der Waals surface area contributed by atoms with Crippen LogP contribution in [-0.4, -0.2) is 55.4 Å². The second-order valence-corrected chi connectivity index (χ2v) is 10.3. The number of carboxylic acid groups (broad SMARTS) is 1. The number of carbonyl (C=O) groups excluding carboxylic acids is 2. The fourth-order valence-electron chi connectivity index (χ4n) is 4.54. The SMILES string of the molecule is COCCn1cc(C(=O)O)c2cc(F)ccc21.COc1ccc(C(=O)Nc2ccc(C(C)(C)CC(N)=O)cc2)cc1OC. The van der Waals surface area contributed by atoms with Crippen molar-refractivity contribution in [2.75, 3.05) is 33.3 Å². The summed E-state index contributed by atoms with van der Waals surface area (Å²) in [6, 6.07) is 16.5. The molecule has 2 amide bonds. The number of benzene rings is 3. The van der Waals surface area contributed by atoms with Crippen LogP contribution in [0.15, 0.2) is 66.9 Å². The van der Waals surface area contributed by atoms with Crippen molar-refractivity contribution < 1.29 is 38.1 Å². The minimum Gasteiger partial charge on any atom is -0.493 e. The van der Waals surface area contributed by atoms with Crippen molar-refractivity contribution in [3.63, 3.8) is 0 Å². The third kappa shape index (κ3) is 8.32. The highest BCUT2D eigenvalue weighted by atomic mass is 19.1. The van der Waals surface area contributed by atoms with E-state index in [0.29, 0.717) is 46.8 Å². The van der Waals surface area contributed by atoms with Crippen LogP contribution in [0.5, 0.6) is 11.5 Å². The first kappa shape index (κ1) is 32.6. The highest BCUT2D eigenvalue weighted by molar-refractivity contribution is 6.05. The number of aromatic carboxylic acids is 1. The normalized spacial score (nSPS) is 10.9. The maximum absolute atomic E-state index is 13.1. The van der Waals surface area contributed by atoms with Crippen LogP contribution >= 0.6 is 0 Å². The van der Waals surface area contributed by atoms with E-state index in [-0.39, 0.29) is 29.2 Å². The van der Waals surface area contributed by atoms with Crippen LogP contribution in [0.2, 0.25) is 0 Å². The Morgan fingerprint density at radius 2 is 1.63 bits per heavy atom. The molecule has 4 N–H and O–H groups in total. The van der Waals surface area contributed by atoms with Gasteiger partial charge in [0.2, 0.25) is 5.91 Å². The molecule has 4 rings (SSSR count). The molecule has 1 heterocycles. The summed E-state index contributed by atoms with van der Waals surface area (Å²) < 4.78 is 30.2. The number of hydrogen-bond donors (Lipinski definition) is 3. The van der Waals surface area contributed by atoms with Crippen LogP contribution in [0.3, 0.4) is 0 Å². The molecule has 0 aliphatic carbocycles. The molecular formula is C32H36FN3O7. The van der Waals surface area contributed by atoms with Gasteiger partial charge in [0, 0.05) is 48.4 Å². The van der Waals surface area contributed by atoms with Crippen molar-refractivity contribution in [1.29, 1.82) is 0 Å². The lowest BCUT2D eigenvalue weighted by Crippen LogP contribution is -2.26. The molecule has 0 fully saturated rings. The zero-order valence-electron chi connectivity index (χ0n) is 24.8. The van der Waals surface area contributed by atoms with Gasteiger partial charge < -0.3 is 34.9 Å². The van der Waals surface area contributed by atoms with E-state index in [9.17, 15) is 18.8 Å². The first-order valence-electron chi connectivity index (χ1n) is 13.3. The molecule has 0 unspecified atom stereocenters. The van der Waals surface area contributed by atoms with Crippen LogP contribution in [0, 0.1) is 5.82 Å². The zero-order valence-corrected chi connectivity index (χ0v) is 24.8. The molecule has 0 saturated carbocycles. The molecule has 1 aromatic heterocycles. The van der Waals surface area contributed by atoms with Crippen LogP contribution < -0.4 is 20.5 Å². The van der Waals surface area contributed by atoms with Crippen molar-refractivity contribution in [3.05, 3.63) is 89.4 Å². The third-order valence-electron chi connectivity index (χ3n) is 6.80. The van der Waals surface area contributed by atoms with E-state index in [1.54, 1.807) is 55.2 Å². The highest BCUT2D eigenvalue weighted by Gasteiger charge is 2.23. The van der Waals surface area contributed by atoms with Crippen LogP contribution in [0.1, 0.15) is 46.5 Å². The molecule has 0 saturated heterocycles. The Hall–Kier alpha value is -4.90. The number of halogens is 1. The number of methoxy groups -OCH3 is 3. The second kappa shape index (κ2) is 14.3. The van der Waals surface area contributed by atoms with Crippen LogP contribution in [0.25, 0.3) is 10.9 Å². The number of primary amides is 1. The molecular weight excluding hydrogens is 557 g/mol. The number of carbonyl (C=O) groups is 3. The van der Waals surface area contributed by atoms with Crippen molar-refractivity contribution >= 4 is 34.4 Å². The van der Waals surface area contributed by atoms with Gasteiger partial charge in [0.15, 0.2) is 11.5 Å². The average molecular weight is 594 g/mol. The van der Waals surface area contributed by atoms with Gasteiger partial charge >= 0.3 is 5.97 Å². The van der Waals surface area contributed by atoms with E-state index in [0.717, 1.165) is 5.56 Å². The second-order valence-electron chi connectivity index (χ2n) is 10.3. The molecule has 0 aliphatic heterocycles. The van der Waals surface area contributed by atoms with Crippen molar-refractivity contribution in [1.82, 2.24) is 4.57 Å². The predicted octanol–water partition coefficient (Wildman–Crippen LogP) is 5.23. The van der Waals surface area contributed by atoms with Crippen molar-refractivity contribution in [2.45, 2.75) is 32.2 Å². The van der Waals surface area contributed by atoms with Gasteiger partial charge in [-0.3, -0.25) is 9.59 Å². The summed E-state index contributed by atoms with van der Waals surface area (Å²) in [6.07, 6.45) is 1.76. The molecule has 0 aliphatic rings. The maximum atomic E-state index is 13.1. The third-order valence-corrected chi connectivity index (χ3v) is 6.80. The largest absolute Gasteiger partial charge is 0.493 e. The summed E-state index contributed by atoms with van der Waals surface area (Å²) in [6.45, 7) is 4.91. The Morgan fingerprint density at radius 1 is 0.953 bits per heavy atom. The quantitative estimate of drug-likeness (QED) is 0.216. The first-order valence-corrected chi connectivity index (χ1v) is 13.3. The Kier molecular flexibility index (Phi) is 10.9. The van der Waals surface area contributed by atoms with E-state index in [1.807, 2.05) is 26.0 Å². The Balaban J connectivity index is 0.000000257. The van der Waals surface area contributed by atoms with Gasteiger partial charge in [0.05, 0.1) is 26.4 Å². The number of nitrogens with two attached hydrogens (primary N) is 1. The van der Waals surface area contributed by atoms with Crippen molar-refractivity contribution in [3.8, 4) is 11.5 Å². The Morgan fingerprint density at radius 3 is 2.21 bits per heavy atom. The lowest BCUT2D eigenvalue weighted by molar-refractivity contribution is -0.119. The number of aromatic nitrogens is 1. The van der Waals surface area contributed by atoms with E-state index in [1.165, 1.54) is 25.4 Å². The average Bonchev–Trinajstić information content (AvgIpc) is 3.33. The monoisotopic (exact) mass is 593 g/mol. The molecule has 43 heavy (non-hydrogen) atoms.